The van der Waals surface area contributed by atoms with E-state index in [1.165, 1.54) is 26.9 Å². The van der Waals surface area contributed by atoms with Gasteiger partial charge in [0.1, 0.15) is 29.4 Å². The van der Waals surface area contributed by atoms with E-state index in [1.807, 2.05) is 125 Å². The molecule has 0 radical (unpaired) electrons. The number of halogens is 4. The van der Waals surface area contributed by atoms with Crippen LogP contribution in [0, 0.1) is 27.5 Å². The Morgan fingerprint density at radius 1 is 0.583 bits per heavy atom. The average molecular weight is 1640 g/mol. The van der Waals surface area contributed by atoms with Crippen molar-refractivity contribution in [1.82, 2.24) is 27.4 Å². The highest BCUT2D eigenvalue weighted by Gasteiger charge is 2.37. The molecular weight excluding hydrogens is 1540 g/mol. The van der Waals surface area contributed by atoms with Crippen LogP contribution < -0.4 is 44.8 Å². The van der Waals surface area contributed by atoms with E-state index in [4.69, 9.17) is 19.9 Å². The molecule has 0 spiro atoms. The SMILES string of the molecule is CC(C)(C)OC(=O)N[C@@H](Cc1ccc(I)cc1)[C@@H]1CO1.CC[C@H](O)[C@@H](CC(=O)OC(C)(C)C)Cc1ccc(I)cc1.CC[C@H](O)[C@H](Cc1ccc(I)cc1)NC(=O)[C@@H](NC(=O)OC)C(C)(C)C.COC(=O)N[C@H](C(N)=O)C(C)(C)C.I.N.NN. The summed E-state index contributed by atoms with van der Waals surface area (Å²) in [6.07, 6.45) is 0.567. The van der Waals surface area contributed by atoms with Gasteiger partial charge in [0.15, 0.2) is 0 Å². The number of aliphatic hydroxyl groups is 2. The van der Waals surface area contributed by atoms with Gasteiger partial charge < -0.3 is 67.0 Å². The number of ether oxygens (including phenoxy) is 5. The molecule has 15 N–H and O–H groups in total. The van der Waals surface area contributed by atoms with Crippen molar-refractivity contribution < 1.29 is 62.7 Å². The Hall–Kier alpha value is -3.44. The number of carbonyl (C=O) groups excluding carboxylic acids is 6. The van der Waals surface area contributed by atoms with Gasteiger partial charge in [-0.15, -0.1) is 24.0 Å². The third kappa shape index (κ3) is 38.0. The lowest BCUT2D eigenvalue weighted by molar-refractivity contribution is -0.157. The van der Waals surface area contributed by atoms with E-state index in [0.29, 0.717) is 32.3 Å². The molecule has 84 heavy (non-hydrogen) atoms. The number of rotatable bonds is 19. The molecule has 8 atom stereocenters. The molecule has 0 unspecified atom stereocenters. The Labute approximate surface area is 557 Å². The van der Waals surface area contributed by atoms with Gasteiger partial charge >= 0.3 is 24.2 Å². The van der Waals surface area contributed by atoms with Crippen LogP contribution in [0.2, 0.25) is 0 Å². The van der Waals surface area contributed by atoms with E-state index in [1.54, 1.807) is 20.8 Å². The number of epoxide rings is 1. The molecule has 25 heteroatoms. The first-order chi connectivity index (χ1) is 37.9. The van der Waals surface area contributed by atoms with E-state index < -0.39 is 70.5 Å². The van der Waals surface area contributed by atoms with Gasteiger partial charge in [-0.05, 0) is 211 Å². The lowest BCUT2D eigenvalue weighted by atomic mass is 9.85. The maximum absolute atomic E-state index is 12.8. The number of benzene rings is 3. The lowest BCUT2D eigenvalue weighted by Crippen LogP contribution is -2.57. The van der Waals surface area contributed by atoms with Crippen molar-refractivity contribution in [3.8, 4) is 0 Å². The van der Waals surface area contributed by atoms with Gasteiger partial charge in [-0.3, -0.25) is 26.1 Å². The molecule has 1 fully saturated rings. The second-order valence-corrected chi connectivity index (χ2v) is 27.2. The smallest absolute Gasteiger partial charge is 0.407 e. The minimum atomic E-state index is -0.779. The fraction of sp³-hybridized carbons (Fsp3) is 0.593. The predicted molar refractivity (Wildman–Crippen MR) is 366 cm³/mol. The molecule has 0 saturated carbocycles. The van der Waals surface area contributed by atoms with Gasteiger partial charge in [0.25, 0.3) is 0 Å². The van der Waals surface area contributed by atoms with Crippen LogP contribution in [0.25, 0.3) is 0 Å². The van der Waals surface area contributed by atoms with Crippen molar-refractivity contribution in [3.63, 3.8) is 0 Å². The highest BCUT2D eigenvalue weighted by molar-refractivity contribution is 14.1. The molecule has 480 valence electrons. The molecule has 0 aromatic heterocycles. The fourth-order valence-electron chi connectivity index (χ4n) is 7.55. The summed E-state index contributed by atoms with van der Waals surface area (Å²) >= 11 is 6.77. The number of methoxy groups -OCH3 is 2. The van der Waals surface area contributed by atoms with Gasteiger partial charge in [-0.25, -0.2) is 14.4 Å². The number of alkyl carbamates (subject to hydrolysis) is 3. The monoisotopic (exact) mass is 1630 g/mol. The normalized spacial score (nSPS) is 15.0. The van der Waals surface area contributed by atoms with Gasteiger partial charge in [0.05, 0.1) is 51.5 Å². The van der Waals surface area contributed by atoms with E-state index in [-0.39, 0.29) is 72.6 Å². The molecule has 0 bridgehead atoms. The number of hydrogen-bond acceptors (Lipinski definition) is 16. The molecule has 5 amide bonds. The summed E-state index contributed by atoms with van der Waals surface area (Å²) in [5, 5.41) is 31.3. The van der Waals surface area contributed by atoms with Gasteiger partial charge in [-0.2, -0.15) is 0 Å². The highest BCUT2D eigenvalue weighted by atomic mass is 127. The molecule has 3 aromatic carbocycles. The average Bonchev–Trinajstić information content (AvgIpc) is 4.24. The maximum Gasteiger partial charge on any atom is 0.407 e. The standard InChI is InChI=1S/C19H29IN2O4.C17H25IO3.C15H20INO3.C8H16N2O3.HI.H4N2.H3N/c1-6-15(23)14(11-12-7-9-13(20)10-8-12)21-17(24)16(19(2,3)4)22-18(25)26-5;1-5-15(19)13(11-16(20)21-17(2,3)4)10-12-6-8-14(18)9-7-12;1-15(2,3)20-14(18)17-12(13-9-19-13)8-10-4-6-11(16)7-5-10;1-8(2,3)5(6(9)11)10-7(12)13-4;;1-2;/h7-10,14-16,23H,6,11H2,1-5H3,(H,21,24)(H,22,25);6-9,13,15,19H,5,10-11H2,1-4H3;4-7,12-13H,8-9H2,1-3H3,(H,17,18);5H,1-4H3,(H2,9,11)(H,10,12);1H;1-2H2;1H3/t14-,15-,16+;13-,15+;12-,13-;5-;;;/m0101.../s1. The van der Waals surface area contributed by atoms with E-state index in [0.717, 1.165) is 21.1 Å². The van der Waals surface area contributed by atoms with Crippen molar-refractivity contribution in [1.29, 1.82) is 0 Å². The van der Waals surface area contributed by atoms with Crippen LogP contribution in [0.3, 0.4) is 0 Å². The van der Waals surface area contributed by atoms with Crippen LogP contribution in [-0.2, 0) is 57.3 Å². The van der Waals surface area contributed by atoms with Gasteiger partial charge in [-0.1, -0.05) is 91.8 Å². The number of esters is 1. The third-order valence-electron chi connectivity index (χ3n) is 11.9. The zero-order chi connectivity index (χ0) is 63.3. The molecule has 3 aromatic rings. The largest absolute Gasteiger partial charge is 0.460 e. The summed E-state index contributed by atoms with van der Waals surface area (Å²) in [5.74, 6) is 6.74. The molecule has 1 heterocycles. The first-order valence-corrected chi connectivity index (χ1v) is 30.2. The van der Waals surface area contributed by atoms with Crippen molar-refractivity contribution in [2.45, 2.75) is 189 Å². The number of hydrogen-bond donors (Lipinski definition) is 10. The number of primary amides is 1. The van der Waals surface area contributed by atoms with Crippen molar-refractivity contribution in [2.24, 2.45) is 34.2 Å². The first kappa shape index (κ1) is 84.8. The second-order valence-electron chi connectivity index (χ2n) is 23.5. The van der Waals surface area contributed by atoms with Crippen LogP contribution >= 0.6 is 91.7 Å². The number of carbonyl (C=O) groups is 6. The summed E-state index contributed by atoms with van der Waals surface area (Å²) < 4.78 is 28.5. The van der Waals surface area contributed by atoms with Crippen LogP contribution in [-0.4, -0.2) is 121 Å². The Bertz CT molecular complexity index is 2380. The van der Waals surface area contributed by atoms with Gasteiger partial charge in [0, 0.05) is 10.7 Å². The number of aliphatic hydroxyl groups excluding tert-OH is 2. The third-order valence-corrected chi connectivity index (χ3v) is 14.0. The summed E-state index contributed by atoms with van der Waals surface area (Å²) in [6, 6.07) is 22.4. The summed E-state index contributed by atoms with van der Waals surface area (Å²) in [7, 11) is 2.49. The lowest BCUT2D eigenvalue weighted by Gasteiger charge is -2.32. The Balaban J connectivity index is -0.00000105. The first-order valence-electron chi connectivity index (χ1n) is 27.0. The molecule has 1 aliphatic rings. The van der Waals surface area contributed by atoms with E-state index in [2.05, 4.69) is 134 Å². The fourth-order valence-corrected chi connectivity index (χ4v) is 8.63. The summed E-state index contributed by atoms with van der Waals surface area (Å²) in [4.78, 5) is 70.1. The van der Waals surface area contributed by atoms with Crippen LogP contribution in [0.15, 0.2) is 72.8 Å². The van der Waals surface area contributed by atoms with Crippen LogP contribution in [0.1, 0.15) is 133 Å². The number of nitrogens with two attached hydrogens (primary N) is 3. The van der Waals surface area contributed by atoms with Gasteiger partial charge in [0.2, 0.25) is 11.8 Å². The van der Waals surface area contributed by atoms with Crippen molar-refractivity contribution in [2.75, 3.05) is 20.8 Å². The van der Waals surface area contributed by atoms with Crippen molar-refractivity contribution >= 4 is 128 Å². The minimum absolute atomic E-state index is 0. The highest BCUT2D eigenvalue weighted by Crippen LogP contribution is 2.24. The molecule has 1 aliphatic heterocycles. The van der Waals surface area contributed by atoms with Crippen LogP contribution in [0.5, 0.6) is 0 Å². The number of amides is 5. The predicted octanol–water partition coefficient (Wildman–Crippen LogP) is 9.78. The molecule has 0 aliphatic carbocycles. The number of nitrogens with one attached hydrogen (secondary N) is 4. The van der Waals surface area contributed by atoms with Crippen molar-refractivity contribution in [3.05, 3.63) is 100 Å². The Morgan fingerprint density at radius 3 is 1.29 bits per heavy atom. The molecular formula is C59H98I4N8O13. The summed E-state index contributed by atoms with van der Waals surface area (Å²) in [5.41, 5.74) is 6.56. The Kier molecular flexibility index (Phi) is 42.0. The minimum Gasteiger partial charge on any atom is -0.460 e. The number of hydrazine groups is 1. The molecule has 21 nitrogen and oxygen atoms in total. The summed E-state index contributed by atoms with van der Waals surface area (Å²) in [6.45, 7) is 26.6. The van der Waals surface area contributed by atoms with Crippen LogP contribution in [0.4, 0.5) is 14.4 Å². The van der Waals surface area contributed by atoms with E-state index >= 15 is 0 Å². The zero-order valence-electron chi connectivity index (χ0n) is 51.9. The quantitative estimate of drug-likeness (QED) is 0.0133. The molecule has 1 saturated heterocycles. The van der Waals surface area contributed by atoms with E-state index in [9.17, 15) is 39.0 Å². The Morgan fingerprint density at radius 2 is 0.952 bits per heavy atom. The molecule has 4 rings (SSSR count). The second kappa shape index (κ2) is 41.7. The maximum atomic E-state index is 12.8. The topological polar surface area (TPSA) is 354 Å². The zero-order valence-corrected chi connectivity index (χ0v) is 60.7.